The molecule has 0 radical (unpaired) electrons. The van der Waals surface area contributed by atoms with Gasteiger partial charge in [0, 0.05) is 11.9 Å². The van der Waals surface area contributed by atoms with Gasteiger partial charge in [0.05, 0.1) is 23.7 Å². The van der Waals surface area contributed by atoms with E-state index in [0.717, 1.165) is 24.2 Å². The van der Waals surface area contributed by atoms with Crippen molar-refractivity contribution in [1.29, 1.82) is 0 Å². The molecule has 2 heterocycles. The summed E-state index contributed by atoms with van der Waals surface area (Å²) in [6, 6.07) is 24.3. The predicted molar refractivity (Wildman–Crippen MR) is 128 cm³/mol. The molecule has 1 atom stereocenters. The van der Waals surface area contributed by atoms with Gasteiger partial charge in [-0.1, -0.05) is 48.5 Å². The maximum atomic E-state index is 13.8. The largest absolute Gasteiger partial charge is 0.494 e. The molecule has 1 aliphatic heterocycles. The van der Waals surface area contributed by atoms with Gasteiger partial charge in [-0.25, -0.2) is 0 Å². The van der Waals surface area contributed by atoms with Crippen LogP contribution in [0.5, 0.6) is 5.75 Å². The van der Waals surface area contributed by atoms with Gasteiger partial charge in [0.2, 0.25) is 0 Å². The molecule has 0 saturated carbocycles. The lowest BCUT2D eigenvalue weighted by Crippen LogP contribution is -2.34. The van der Waals surface area contributed by atoms with E-state index in [0.29, 0.717) is 35.3 Å². The molecule has 6 nitrogen and oxygen atoms in total. The summed E-state index contributed by atoms with van der Waals surface area (Å²) in [6.45, 7) is 3.22. The molecule has 3 aromatic carbocycles. The third-order valence-electron chi connectivity index (χ3n) is 6.10. The van der Waals surface area contributed by atoms with E-state index in [9.17, 15) is 9.59 Å². The van der Waals surface area contributed by atoms with Crippen molar-refractivity contribution in [3.63, 3.8) is 0 Å². The molecule has 1 aromatic heterocycles. The van der Waals surface area contributed by atoms with Crippen molar-refractivity contribution < 1.29 is 9.53 Å². The highest BCUT2D eigenvalue weighted by Gasteiger charge is 2.33. The molecule has 1 fully saturated rings. The number of nitrogens with zero attached hydrogens (tertiary/aromatic N) is 3. The summed E-state index contributed by atoms with van der Waals surface area (Å²) in [5, 5.41) is 5.64. The number of amides is 1. The molecule has 0 N–H and O–H groups in total. The zero-order valence-corrected chi connectivity index (χ0v) is 18.5. The summed E-state index contributed by atoms with van der Waals surface area (Å²) in [4.78, 5) is 28.9. The van der Waals surface area contributed by atoms with Crippen LogP contribution in [-0.2, 0) is 0 Å². The Morgan fingerprint density at radius 2 is 1.67 bits per heavy atom. The van der Waals surface area contributed by atoms with Crippen LogP contribution in [0.4, 0.5) is 0 Å². The Balaban J connectivity index is 1.57. The number of carbonyl (C=O) groups excluding carboxylic acids is 1. The molecule has 166 valence electrons. The summed E-state index contributed by atoms with van der Waals surface area (Å²) in [6.07, 6.45) is 1.80. The van der Waals surface area contributed by atoms with Crippen LogP contribution in [0.2, 0.25) is 0 Å². The number of ether oxygens (including phenoxy) is 1. The summed E-state index contributed by atoms with van der Waals surface area (Å²) < 4.78 is 6.89. The molecule has 1 aliphatic rings. The van der Waals surface area contributed by atoms with Crippen LogP contribution in [0.3, 0.4) is 0 Å². The number of para-hydroxylation sites is 1. The lowest BCUT2D eigenvalue weighted by Gasteiger charge is -2.25. The number of aromatic nitrogens is 2. The minimum Gasteiger partial charge on any atom is -0.494 e. The van der Waals surface area contributed by atoms with Gasteiger partial charge in [0.25, 0.3) is 11.5 Å². The number of rotatable bonds is 5. The first-order valence-electron chi connectivity index (χ1n) is 11.3. The van der Waals surface area contributed by atoms with Crippen molar-refractivity contribution in [2.75, 3.05) is 13.2 Å². The summed E-state index contributed by atoms with van der Waals surface area (Å²) in [5.41, 5.74) is 1.77. The zero-order valence-electron chi connectivity index (χ0n) is 18.5. The molecule has 0 bridgehead atoms. The van der Waals surface area contributed by atoms with Gasteiger partial charge in [-0.15, -0.1) is 0 Å². The monoisotopic (exact) mass is 439 g/mol. The molecule has 33 heavy (non-hydrogen) atoms. The van der Waals surface area contributed by atoms with Crippen molar-refractivity contribution >= 4 is 16.7 Å². The second-order valence-electron chi connectivity index (χ2n) is 8.11. The van der Waals surface area contributed by atoms with Gasteiger partial charge in [0.1, 0.15) is 5.75 Å². The van der Waals surface area contributed by atoms with Crippen molar-refractivity contribution in [1.82, 2.24) is 14.7 Å². The van der Waals surface area contributed by atoms with Crippen molar-refractivity contribution in [3.05, 3.63) is 100 Å². The predicted octanol–water partition coefficient (Wildman–Crippen LogP) is 4.76. The summed E-state index contributed by atoms with van der Waals surface area (Å²) in [5.74, 6) is 0.659. The number of hydrogen-bond acceptors (Lipinski definition) is 4. The Morgan fingerprint density at radius 3 is 2.39 bits per heavy atom. The number of benzene rings is 3. The van der Waals surface area contributed by atoms with E-state index in [2.05, 4.69) is 5.10 Å². The van der Waals surface area contributed by atoms with Crippen molar-refractivity contribution in [2.24, 2.45) is 0 Å². The molecule has 0 spiro atoms. The Hall–Kier alpha value is -3.93. The molecule has 1 amide bonds. The average Bonchev–Trinajstić information content (AvgIpc) is 3.35. The van der Waals surface area contributed by atoms with Crippen molar-refractivity contribution in [2.45, 2.75) is 25.8 Å². The van der Waals surface area contributed by atoms with Gasteiger partial charge in [-0.3, -0.25) is 9.59 Å². The first-order valence-corrected chi connectivity index (χ1v) is 11.3. The second-order valence-corrected chi connectivity index (χ2v) is 8.11. The van der Waals surface area contributed by atoms with Gasteiger partial charge in [-0.05, 0) is 55.7 Å². The van der Waals surface area contributed by atoms with Crippen LogP contribution in [0.15, 0.2) is 83.7 Å². The molecule has 5 rings (SSSR count). The highest BCUT2D eigenvalue weighted by atomic mass is 16.5. The normalized spacial score (nSPS) is 15.7. The van der Waals surface area contributed by atoms with Gasteiger partial charge in [0.15, 0.2) is 5.69 Å². The van der Waals surface area contributed by atoms with Crippen LogP contribution in [0.25, 0.3) is 16.5 Å². The third-order valence-corrected chi connectivity index (χ3v) is 6.10. The Kier molecular flexibility index (Phi) is 5.65. The van der Waals surface area contributed by atoms with Crippen LogP contribution in [-0.4, -0.2) is 33.7 Å². The summed E-state index contributed by atoms with van der Waals surface area (Å²) in [7, 11) is 0. The van der Waals surface area contributed by atoms with E-state index >= 15 is 0 Å². The van der Waals surface area contributed by atoms with Crippen LogP contribution in [0, 0.1) is 0 Å². The van der Waals surface area contributed by atoms with E-state index in [1.165, 1.54) is 4.68 Å². The Bertz CT molecular complexity index is 1350. The number of carbonyl (C=O) groups is 1. The Morgan fingerprint density at radius 1 is 0.970 bits per heavy atom. The first-order chi connectivity index (χ1) is 16.2. The Labute approximate surface area is 192 Å². The van der Waals surface area contributed by atoms with Crippen LogP contribution in [0.1, 0.15) is 41.9 Å². The highest BCUT2D eigenvalue weighted by Crippen LogP contribution is 2.34. The first kappa shape index (κ1) is 20.9. The van der Waals surface area contributed by atoms with Gasteiger partial charge < -0.3 is 9.64 Å². The standard InChI is InChI=1S/C27H25N3O3/c1-2-33-21-16-14-19(15-17-21)24-13-8-18-29(24)27(32)25-22-11-6-7-12-23(22)26(31)30(28-25)20-9-4-3-5-10-20/h3-7,9-12,14-17,24H,2,8,13,18H2,1H3. The average molecular weight is 440 g/mol. The zero-order chi connectivity index (χ0) is 22.8. The topological polar surface area (TPSA) is 64.4 Å². The van der Waals surface area contributed by atoms with Crippen LogP contribution < -0.4 is 10.3 Å². The fourth-order valence-electron chi connectivity index (χ4n) is 4.54. The molecular weight excluding hydrogens is 414 g/mol. The SMILES string of the molecule is CCOc1ccc(C2CCCN2C(=O)c2nn(-c3ccccc3)c(=O)c3ccccc23)cc1. The molecular formula is C27H25N3O3. The molecule has 1 unspecified atom stereocenters. The molecule has 6 heteroatoms. The second kappa shape index (κ2) is 8.90. The van der Waals surface area contributed by atoms with Gasteiger partial charge >= 0.3 is 0 Å². The minimum atomic E-state index is -0.238. The van der Waals surface area contributed by atoms with Gasteiger partial charge in [-0.2, -0.15) is 9.78 Å². The van der Waals surface area contributed by atoms with E-state index in [4.69, 9.17) is 4.74 Å². The maximum Gasteiger partial charge on any atom is 0.279 e. The lowest BCUT2D eigenvalue weighted by atomic mass is 10.0. The van der Waals surface area contributed by atoms with Crippen molar-refractivity contribution in [3.8, 4) is 11.4 Å². The fraction of sp³-hybridized carbons (Fsp3) is 0.222. The van der Waals surface area contributed by atoms with E-state index < -0.39 is 0 Å². The number of hydrogen-bond donors (Lipinski definition) is 0. The molecule has 1 saturated heterocycles. The molecule has 0 aliphatic carbocycles. The fourth-order valence-corrected chi connectivity index (χ4v) is 4.54. The highest BCUT2D eigenvalue weighted by molar-refractivity contribution is 6.05. The number of likely N-dealkylation sites (tertiary alicyclic amines) is 1. The van der Waals surface area contributed by atoms with E-state index in [-0.39, 0.29) is 17.5 Å². The smallest absolute Gasteiger partial charge is 0.279 e. The molecule has 4 aromatic rings. The summed E-state index contributed by atoms with van der Waals surface area (Å²) >= 11 is 0. The van der Waals surface area contributed by atoms with E-state index in [1.54, 1.807) is 12.1 Å². The minimum absolute atomic E-state index is 0.0363. The quantitative estimate of drug-likeness (QED) is 0.450. The lowest BCUT2D eigenvalue weighted by molar-refractivity contribution is 0.0730. The van der Waals surface area contributed by atoms with Crippen LogP contribution >= 0.6 is 0 Å². The maximum absolute atomic E-state index is 13.8. The number of fused-ring (bicyclic) bond motifs is 1. The van der Waals surface area contributed by atoms with E-state index in [1.807, 2.05) is 78.6 Å². The third kappa shape index (κ3) is 3.89.